The van der Waals surface area contributed by atoms with Gasteiger partial charge in [-0.1, -0.05) is 5.16 Å². The molecular formula is C6H9N3O. The number of aryl methyl sites for hydroxylation is 1. The van der Waals surface area contributed by atoms with Gasteiger partial charge < -0.3 is 5.21 Å². The van der Waals surface area contributed by atoms with Crippen molar-refractivity contribution in [2.45, 2.75) is 13.5 Å². The third-order valence-corrected chi connectivity index (χ3v) is 1.24. The maximum Gasteiger partial charge on any atom is 0.0914 e. The van der Waals surface area contributed by atoms with E-state index < -0.39 is 0 Å². The largest absolute Gasteiger partial charge is 0.411 e. The Morgan fingerprint density at radius 2 is 2.70 bits per heavy atom. The first-order chi connectivity index (χ1) is 4.88. The van der Waals surface area contributed by atoms with Crippen molar-refractivity contribution >= 4 is 6.21 Å². The van der Waals surface area contributed by atoms with Crippen molar-refractivity contribution < 1.29 is 5.21 Å². The molecule has 0 aromatic carbocycles. The Morgan fingerprint density at radius 3 is 3.30 bits per heavy atom. The number of oxime groups is 1. The summed E-state index contributed by atoms with van der Waals surface area (Å²) >= 11 is 0. The molecule has 4 heteroatoms. The highest BCUT2D eigenvalue weighted by Gasteiger charge is 1.94. The van der Waals surface area contributed by atoms with Gasteiger partial charge in [0.15, 0.2) is 0 Å². The molecule has 1 aromatic heterocycles. The summed E-state index contributed by atoms with van der Waals surface area (Å²) < 4.78 is 1.74. The van der Waals surface area contributed by atoms with Gasteiger partial charge in [0.05, 0.1) is 11.9 Å². The first kappa shape index (κ1) is 6.80. The highest BCUT2D eigenvalue weighted by Crippen LogP contribution is 1.93. The zero-order valence-corrected chi connectivity index (χ0v) is 5.73. The predicted molar refractivity (Wildman–Crippen MR) is 37.3 cm³/mol. The molecule has 0 radical (unpaired) electrons. The summed E-state index contributed by atoms with van der Waals surface area (Å²) in [5.74, 6) is 0. The third kappa shape index (κ3) is 1.15. The molecule has 0 spiro atoms. The van der Waals surface area contributed by atoms with E-state index in [0.29, 0.717) is 0 Å². The van der Waals surface area contributed by atoms with Crippen LogP contribution in [0, 0.1) is 0 Å². The Morgan fingerprint density at radius 1 is 1.90 bits per heavy atom. The van der Waals surface area contributed by atoms with Crippen molar-refractivity contribution in [2.75, 3.05) is 0 Å². The van der Waals surface area contributed by atoms with Gasteiger partial charge in [-0.05, 0) is 13.0 Å². The second-order valence-electron chi connectivity index (χ2n) is 1.82. The number of hydrogen-bond donors (Lipinski definition) is 1. The smallest absolute Gasteiger partial charge is 0.0914 e. The molecule has 0 saturated heterocycles. The Kier molecular flexibility index (Phi) is 2.04. The van der Waals surface area contributed by atoms with E-state index in [2.05, 4.69) is 10.3 Å². The second kappa shape index (κ2) is 3.00. The Hall–Kier alpha value is -1.32. The molecule has 0 saturated carbocycles. The third-order valence-electron chi connectivity index (χ3n) is 1.24. The van der Waals surface area contributed by atoms with Crippen LogP contribution in [0.3, 0.4) is 0 Å². The zero-order valence-electron chi connectivity index (χ0n) is 5.73. The molecule has 4 nitrogen and oxygen atoms in total. The van der Waals surface area contributed by atoms with Crippen LogP contribution in [0.4, 0.5) is 0 Å². The number of hydrogen-bond acceptors (Lipinski definition) is 3. The topological polar surface area (TPSA) is 50.4 Å². The van der Waals surface area contributed by atoms with Crippen LogP contribution in [-0.4, -0.2) is 21.2 Å². The van der Waals surface area contributed by atoms with Gasteiger partial charge in [0, 0.05) is 12.7 Å². The van der Waals surface area contributed by atoms with E-state index in [4.69, 9.17) is 5.21 Å². The van der Waals surface area contributed by atoms with Gasteiger partial charge >= 0.3 is 0 Å². The summed E-state index contributed by atoms with van der Waals surface area (Å²) in [7, 11) is 0. The van der Waals surface area contributed by atoms with E-state index in [1.807, 2.05) is 6.92 Å². The summed E-state index contributed by atoms with van der Waals surface area (Å²) in [4.78, 5) is 0. The van der Waals surface area contributed by atoms with Crippen LogP contribution < -0.4 is 0 Å². The fourth-order valence-corrected chi connectivity index (χ4v) is 0.776. The van der Waals surface area contributed by atoms with Gasteiger partial charge in [-0.25, -0.2) is 0 Å². The van der Waals surface area contributed by atoms with Gasteiger partial charge in [-0.3, -0.25) is 4.68 Å². The average Bonchev–Trinajstić information content (AvgIpc) is 2.36. The summed E-state index contributed by atoms with van der Waals surface area (Å²) in [5, 5.41) is 15.1. The molecule has 0 aliphatic rings. The Bertz CT molecular complexity index is 229. The molecule has 0 bridgehead atoms. The lowest BCUT2D eigenvalue weighted by Gasteiger charge is -1.95. The second-order valence-corrected chi connectivity index (χ2v) is 1.82. The summed E-state index contributed by atoms with van der Waals surface area (Å²) in [5.41, 5.74) is 0.810. The van der Waals surface area contributed by atoms with E-state index in [-0.39, 0.29) is 0 Å². The molecule has 0 unspecified atom stereocenters. The Balaban J connectivity index is 2.90. The maximum atomic E-state index is 8.19. The molecule has 0 fully saturated rings. The Labute approximate surface area is 58.8 Å². The molecule has 1 rings (SSSR count). The van der Waals surface area contributed by atoms with Crippen molar-refractivity contribution in [2.24, 2.45) is 5.16 Å². The number of nitrogens with zero attached hydrogens (tertiary/aromatic N) is 3. The van der Waals surface area contributed by atoms with Crippen LogP contribution in [0.1, 0.15) is 12.6 Å². The zero-order chi connectivity index (χ0) is 7.40. The molecule has 1 heterocycles. The minimum absolute atomic E-state index is 0.786. The number of rotatable bonds is 2. The van der Waals surface area contributed by atoms with Crippen LogP contribution >= 0.6 is 0 Å². The van der Waals surface area contributed by atoms with Crippen LogP contribution in [0.2, 0.25) is 0 Å². The molecule has 54 valence electrons. The van der Waals surface area contributed by atoms with E-state index in [1.54, 1.807) is 16.9 Å². The van der Waals surface area contributed by atoms with Crippen molar-refractivity contribution in [1.29, 1.82) is 0 Å². The normalized spacial score (nSPS) is 10.9. The summed E-state index contributed by atoms with van der Waals surface area (Å²) in [6, 6.07) is 1.78. The van der Waals surface area contributed by atoms with Gasteiger partial charge in [0.25, 0.3) is 0 Å². The monoisotopic (exact) mass is 139 g/mol. The first-order valence-electron chi connectivity index (χ1n) is 3.07. The van der Waals surface area contributed by atoms with E-state index in [9.17, 15) is 0 Å². The molecule has 0 aliphatic carbocycles. The van der Waals surface area contributed by atoms with E-state index in [0.717, 1.165) is 12.2 Å². The first-order valence-corrected chi connectivity index (χ1v) is 3.07. The fraction of sp³-hybridized carbons (Fsp3) is 0.333. The van der Waals surface area contributed by atoms with E-state index in [1.165, 1.54) is 6.21 Å². The highest BCUT2D eigenvalue weighted by molar-refractivity contribution is 5.76. The van der Waals surface area contributed by atoms with Crippen molar-refractivity contribution in [3.63, 3.8) is 0 Å². The van der Waals surface area contributed by atoms with Crippen molar-refractivity contribution in [3.05, 3.63) is 18.0 Å². The minimum atomic E-state index is 0.786. The van der Waals surface area contributed by atoms with Crippen molar-refractivity contribution in [3.8, 4) is 0 Å². The SMILES string of the molecule is CCn1nccc1/C=N/O. The molecule has 0 aliphatic heterocycles. The van der Waals surface area contributed by atoms with Crippen molar-refractivity contribution in [1.82, 2.24) is 9.78 Å². The molecule has 0 atom stereocenters. The van der Waals surface area contributed by atoms with Crippen LogP contribution in [0.15, 0.2) is 17.4 Å². The van der Waals surface area contributed by atoms with Gasteiger partial charge in [0.1, 0.15) is 0 Å². The molecule has 0 amide bonds. The highest BCUT2D eigenvalue weighted by atomic mass is 16.4. The molecular weight excluding hydrogens is 130 g/mol. The molecule has 1 N–H and O–H groups in total. The summed E-state index contributed by atoms with van der Waals surface area (Å²) in [6.07, 6.45) is 3.02. The van der Waals surface area contributed by atoms with Crippen LogP contribution in [-0.2, 0) is 6.54 Å². The van der Waals surface area contributed by atoms with Crippen LogP contribution in [0.25, 0.3) is 0 Å². The summed E-state index contributed by atoms with van der Waals surface area (Å²) in [6.45, 7) is 2.76. The maximum absolute atomic E-state index is 8.19. The minimum Gasteiger partial charge on any atom is -0.411 e. The lowest BCUT2D eigenvalue weighted by Crippen LogP contribution is -2.00. The quantitative estimate of drug-likeness (QED) is 0.372. The van der Waals surface area contributed by atoms with Gasteiger partial charge in [-0.15, -0.1) is 0 Å². The average molecular weight is 139 g/mol. The predicted octanol–water partition coefficient (Wildman–Crippen LogP) is 0.711. The molecule has 1 aromatic rings. The van der Waals surface area contributed by atoms with E-state index >= 15 is 0 Å². The van der Waals surface area contributed by atoms with Gasteiger partial charge in [0.2, 0.25) is 0 Å². The lowest BCUT2D eigenvalue weighted by atomic mass is 10.4. The standard InChI is InChI=1S/C6H9N3O/c1-2-9-6(5-8-10)3-4-7-9/h3-5,10H,2H2,1H3/b8-5+. The lowest BCUT2D eigenvalue weighted by molar-refractivity contribution is 0.321. The molecule has 10 heavy (non-hydrogen) atoms. The van der Waals surface area contributed by atoms with Crippen LogP contribution in [0.5, 0.6) is 0 Å². The van der Waals surface area contributed by atoms with Gasteiger partial charge in [-0.2, -0.15) is 5.10 Å². The fourth-order valence-electron chi connectivity index (χ4n) is 0.776. The number of aromatic nitrogens is 2.